The van der Waals surface area contributed by atoms with Gasteiger partial charge in [0, 0.05) is 26.2 Å². The first-order valence-corrected chi connectivity index (χ1v) is 6.89. The van der Waals surface area contributed by atoms with E-state index in [0.29, 0.717) is 19.8 Å². The predicted octanol–water partition coefficient (Wildman–Crippen LogP) is 2.57. The number of hydrogen-bond acceptors (Lipinski definition) is 4. The monoisotopic (exact) mass is 267 g/mol. The Morgan fingerprint density at radius 3 is 2.21 bits per heavy atom. The SMILES string of the molecule is CCOC(CCOc1ccc(CNC)cc1)OCC. The van der Waals surface area contributed by atoms with E-state index in [1.165, 1.54) is 5.56 Å². The molecular weight excluding hydrogens is 242 g/mol. The Balaban J connectivity index is 2.30. The Morgan fingerprint density at radius 1 is 1.05 bits per heavy atom. The first kappa shape index (κ1) is 16.0. The van der Waals surface area contributed by atoms with E-state index >= 15 is 0 Å². The summed E-state index contributed by atoms with van der Waals surface area (Å²) in [7, 11) is 1.94. The van der Waals surface area contributed by atoms with Gasteiger partial charge in [-0.2, -0.15) is 0 Å². The summed E-state index contributed by atoms with van der Waals surface area (Å²) in [5.74, 6) is 0.881. The van der Waals surface area contributed by atoms with Crippen molar-refractivity contribution in [3.63, 3.8) is 0 Å². The molecule has 1 aromatic carbocycles. The van der Waals surface area contributed by atoms with Gasteiger partial charge in [0.2, 0.25) is 0 Å². The minimum absolute atomic E-state index is 0.168. The molecule has 0 fully saturated rings. The molecule has 1 N–H and O–H groups in total. The van der Waals surface area contributed by atoms with E-state index in [-0.39, 0.29) is 6.29 Å². The van der Waals surface area contributed by atoms with Crippen molar-refractivity contribution in [3.8, 4) is 5.75 Å². The minimum atomic E-state index is -0.168. The van der Waals surface area contributed by atoms with Crippen LogP contribution in [0.1, 0.15) is 25.8 Å². The molecule has 0 amide bonds. The standard InChI is InChI=1S/C15H25NO3/c1-4-17-15(18-5-2)10-11-19-14-8-6-13(7-9-14)12-16-3/h6-9,15-16H,4-5,10-12H2,1-3H3. The highest BCUT2D eigenvalue weighted by molar-refractivity contribution is 5.27. The highest BCUT2D eigenvalue weighted by Gasteiger charge is 2.07. The zero-order valence-electron chi connectivity index (χ0n) is 12.1. The van der Waals surface area contributed by atoms with Crippen LogP contribution in [-0.4, -0.2) is 33.2 Å². The molecule has 4 heteroatoms. The molecule has 0 saturated heterocycles. The van der Waals surface area contributed by atoms with Gasteiger partial charge < -0.3 is 19.5 Å². The van der Waals surface area contributed by atoms with Gasteiger partial charge in [-0.1, -0.05) is 12.1 Å². The lowest BCUT2D eigenvalue weighted by Crippen LogP contribution is -2.20. The van der Waals surface area contributed by atoms with Crippen LogP contribution in [0.2, 0.25) is 0 Å². The van der Waals surface area contributed by atoms with E-state index in [2.05, 4.69) is 17.4 Å². The number of rotatable bonds is 10. The molecule has 0 atom stereocenters. The molecule has 0 aliphatic heterocycles. The van der Waals surface area contributed by atoms with Crippen LogP contribution in [0.4, 0.5) is 0 Å². The van der Waals surface area contributed by atoms with E-state index in [1.54, 1.807) is 0 Å². The lowest BCUT2D eigenvalue weighted by molar-refractivity contribution is -0.142. The van der Waals surface area contributed by atoms with Crippen LogP contribution in [0.25, 0.3) is 0 Å². The minimum Gasteiger partial charge on any atom is -0.493 e. The molecule has 0 radical (unpaired) electrons. The molecule has 0 aliphatic rings. The maximum absolute atomic E-state index is 5.68. The fraction of sp³-hybridized carbons (Fsp3) is 0.600. The summed E-state index contributed by atoms with van der Waals surface area (Å²) >= 11 is 0. The second kappa shape index (κ2) is 9.78. The molecule has 19 heavy (non-hydrogen) atoms. The van der Waals surface area contributed by atoms with Crippen molar-refractivity contribution in [1.29, 1.82) is 0 Å². The summed E-state index contributed by atoms with van der Waals surface area (Å²) in [5, 5.41) is 3.12. The average Bonchev–Trinajstić information content (AvgIpc) is 2.41. The Hall–Kier alpha value is -1.10. The third kappa shape index (κ3) is 6.57. The Bertz CT molecular complexity index is 321. The fourth-order valence-corrected chi connectivity index (χ4v) is 1.77. The third-order valence-electron chi connectivity index (χ3n) is 2.63. The Morgan fingerprint density at radius 2 is 1.68 bits per heavy atom. The van der Waals surface area contributed by atoms with Gasteiger partial charge in [-0.15, -0.1) is 0 Å². The second-order valence-electron chi connectivity index (χ2n) is 4.15. The van der Waals surface area contributed by atoms with E-state index in [9.17, 15) is 0 Å². The number of benzene rings is 1. The molecule has 0 aliphatic carbocycles. The van der Waals surface area contributed by atoms with E-state index in [1.807, 2.05) is 33.0 Å². The lowest BCUT2D eigenvalue weighted by atomic mass is 10.2. The van der Waals surface area contributed by atoms with Crippen LogP contribution >= 0.6 is 0 Å². The van der Waals surface area contributed by atoms with Crippen LogP contribution in [0, 0.1) is 0 Å². The van der Waals surface area contributed by atoms with Gasteiger partial charge in [-0.05, 0) is 38.6 Å². The first-order chi connectivity index (χ1) is 9.30. The summed E-state index contributed by atoms with van der Waals surface area (Å²) in [4.78, 5) is 0. The van der Waals surface area contributed by atoms with Crippen molar-refractivity contribution in [2.75, 3.05) is 26.9 Å². The van der Waals surface area contributed by atoms with Crippen molar-refractivity contribution < 1.29 is 14.2 Å². The molecular formula is C15H25NO3. The van der Waals surface area contributed by atoms with Crippen molar-refractivity contribution in [2.24, 2.45) is 0 Å². The molecule has 108 valence electrons. The highest BCUT2D eigenvalue weighted by atomic mass is 16.7. The van der Waals surface area contributed by atoms with Gasteiger partial charge in [0.1, 0.15) is 5.75 Å². The van der Waals surface area contributed by atoms with Gasteiger partial charge in [-0.25, -0.2) is 0 Å². The molecule has 0 spiro atoms. The number of ether oxygens (including phenoxy) is 3. The average molecular weight is 267 g/mol. The highest BCUT2D eigenvalue weighted by Crippen LogP contribution is 2.13. The largest absolute Gasteiger partial charge is 0.493 e. The lowest BCUT2D eigenvalue weighted by Gasteiger charge is -2.17. The van der Waals surface area contributed by atoms with Crippen LogP contribution < -0.4 is 10.1 Å². The molecule has 0 aromatic heterocycles. The molecule has 0 bridgehead atoms. The van der Waals surface area contributed by atoms with Crippen molar-refractivity contribution in [2.45, 2.75) is 33.1 Å². The van der Waals surface area contributed by atoms with Crippen LogP contribution in [-0.2, 0) is 16.0 Å². The van der Waals surface area contributed by atoms with Crippen LogP contribution in [0.15, 0.2) is 24.3 Å². The smallest absolute Gasteiger partial charge is 0.160 e. The van der Waals surface area contributed by atoms with Crippen molar-refractivity contribution in [3.05, 3.63) is 29.8 Å². The summed E-state index contributed by atoms with van der Waals surface area (Å²) in [6.45, 7) is 6.71. The van der Waals surface area contributed by atoms with Gasteiger partial charge in [-0.3, -0.25) is 0 Å². The molecule has 0 heterocycles. The fourth-order valence-electron chi connectivity index (χ4n) is 1.77. The van der Waals surface area contributed by atoms with E-state index in [0.717, 1.165) is 18.7 Å². The molecule has 1 rings (SSSR count). The molecule has 1 aromatic rings. The van der Waals surface area contributed by atoms with Crippen molar-refractivity contribution >= 4 is 0 Å². The topological polar surface area (TPSA) is 39.7 Å². The van der Waals surface area contributed by atoms with Gasteiger partial charge in [0.05, 0.1) is 6.61 Å². The van der Waals surface area contributed by atoms with Crippen LogP contribution in [0.3, 0.4) is 0 Å². The number of nitrogens with one attached hydrogen (secondary N) is 1. The quantitative estimate of drug-likeness (QED) is 0.661. The van der Waals surface area contributed by atoms with E-state index < -0.39 is 0 Å². The second-order valence-corrected chi connectivity index (χ2v) is 4.15. The summed E-state index contributed by atoms with van der Waals surface area (Å²) < 4.78 is 16.6. The summed E-state index contributed by atoms with van der Waals surface area (Å²) in [6, 6.07) is 8.11. The zero-order chi connectivity index (χ0) is 13.9. The first-order valence-electron chi connectivity index (χ1n) is 6.89. The maximum atomic E-state index is 5.68. The third-order valence-corrected chi connectivity index (χ3v) is 2.63. The molecule has 0 unspecified atom stereocenters. The normalized spacial score (nSPS) is 10.9. The van der Waals surface area contributed by atoms with E-state index in [4.69, 9.17) is 14.2 Å². The zero-order valence-corrected chi connectivity index (χ0v) is 12.1. The van der Waals surface area contributed by atoms with Crippen LogP contribution in [0.5, 0.6) is 5.75 Å². The number of hydrogen-bond donors (Lipinski definition) is 1. The van der Waals surface area contributed by atoms with Gasteiger partial charge >= 0.3 is 0 Å². The predicted molar refractivity (Wildman–Crippen MR) is 76.4 cm³/mol. The molecule has 0 saturated carbocycles. The van der Waals surface area contributed by atoms with Crippen molar-refractivity contribution in [1.82, 2.24) is 5.32 Å². The maximum Gasteiger partial charge on any atom is 0.160 e. The summed E-state index contributed by atoms with van der Waals surface area (Å²) in [6.07, 6.45) is 0.568. The Kier molecular flexibility index (Phi) is 8.21. The Labute approximate surface area is 116 Å². The molecule has 4 nitrogen and oxygen atoms in total. The van der Waals surface area contributed by atoms with Gasteiger partial charge in [0.25, 0.3) is 0 Å². The summed E-state index contributed by atoms with van der Waals surface area (Å²) in [5.41, 5.74) is 1.25. The van der Waals surface area contributed by atoms with Gasteiger partial charge in [0.15, 0.2) is 6.29 Å².